The zero-order valence-electron chi connectivity index (χ0n) is 18.2. The highest BCUT2D eigenvalue weighted by atomic mass is 35.5. The van der Waals surface area contributed by atoms with Gasteiger partial charge in [0.25, 0.3) is 0 Å². The molecule has 2 aromatic heterocycles. The summed E-state index contributed by atoms with van der Waals surface area (Å²) in [6.45, 7) is 8.18. The summed E-state index contributed by atoms with van der Waals surface area (Å²) < 4.78 is 11.7. The highest BCUT2D eigenvalue weighted by Gasteiger charge is 2.23. The number of halogens is 1. The van der Waals surface area contributed by atoms with Gasteiger partial charge in [-0.1, -0.05) is 56.6 Å². The number of ether oxygens (including phenoxy) is 1. The summed E-state index contributed by atoms with van der Waals surface area (Å²) in [5, 5.41) is 0.673. The lowest BCUT2D eigenvalue weighted by Crippen LogP contribution is -2.16. The van der Waals surface area contributed by atoms with Crippen LogP contribution in [0.3, 0.4) is 0 Å². The quantitative estimate of drug-likeness (QED) is 0.343. The summed E-state index contributed by atoms with van der Waals surface area (Å²) in [5.41, 5.74) is 2.67. The number of rotatable bonds is 3. The van der Waals surface area contributed by atoms with E-state index in [9.17, 15) is 9.59 Å². The summed E-state index contributed by atoms with van der Waals surface area (Å²) in [6.07, 6.45) is 2.96. The molecule has 4 rings (SSSR count). The number of carbonyl (C=O) groups excluding carboxylic acids is 1. The van der Waals surface area contributed by atoms with Crippen LogP contribution in [-0.4, -0.2) is 11.0 Å². The number of esters is 1. The third-order valence-electron chi connectivity index (χ3n) is 5.25. The highest BCUT2D eigenvalue weighted by molar-refractivity contribution is 6.32. The molecule has 2 aromatic carbocycles. The van der Waals surface area contributed by atoms with Crippen LogP contribution in [0.25, 0.3) is 22.3 Å². The van der Waals surface area contributed by atoms with Crippen LogP contribution in [0.5, 0.6) is 5.75 Å². The van der Waals surface area contributed by atoms with E-state index in [1.54, 1.807) is 6.07 Å². The van der Waals surface area contributed by atoms with E-state index in [2.05, 4.69) is 25.8 Å². The van der Waals surface area contributed by atoms with E-state index >= 15 is 0 Å². The number of pyridine rings is 1. The van der Waals surface area contributed by atoms with Gasteiger partial charge in [-0.2, -0.15) is 0 Å². The van der Waals surface area contributed by atoms with Gasteiger partial charge in [0.1, 0.15) is 5.58 Å². The second-order valence-electron chi connectivity index (χ2n) is 8.64. The van der Waals surface area contributed by atoms with Gasteiger partial charge in [0.2, 0.25) is 11.2 Å². The average Bonchev–Trinajstić information content (AvgIpc) is 2.77. The standard InChI is InChI=1S/C26H22ClNO4/c1-15-13-21-19(14-20(15)27)22(29)24(32-25(30)17-9-11-28-12-10-17)23(31-21)16-5-7-18(8-6-16)26(2,3)4/h5-14H,1-4H3. The van der Waals surface area contributed by atoms with Crippen LogP contribution < -0.4 is 10.2 Å². The summed E-state index contributed by atoms with van der Waals surface area (Å²) in [7, 11) is 0. The summed E-state index contributed by atoms with van der Waals surface area (Å²) in [4.78, 5) is 30.0. The first-order valence-corrected chi connectivity index (χ1v) is 10.5. The number of hydrogen-bond donors (Lipinski definition) is 0. The van der Waals surface area contributed by atoms with Gasteiger partial charge in [-0.15, -0.1) is 0 Å². The van der Waals surface area contributed by atoms with Crippen molar-refractivity contribution >= 4 is 28.5 Å². The van der Waals surface area contributed by atoms with Crippen LogP contribution in [0.15, 0.2) is 70.1 Å². The molecule has 0 bridgehead atoms. The number of aryl methyl sites for hydroxylation is 1. The largest absolute Gasteiger partial charge is 0.452 e. The average molecular weight is 448 g/mol. The fraction of sp³-hybridized carbons (Fsp3) is 0.192. The van der Waals surface area contributed by atoms with Crippen molar-refractivity contribution < 1.29 is 13.9 Å². The maximum atomic E-state index is 13.4. The third-order valence-corrected chi connectivity index (χ3v) is 5.66. The minimum Gasteiger partial charge on any atom is -0.452 e. The molecule has 0 atom stereocenters. The van der Waals surface area contributed by atoms with Crippen molar-refractivity contribution in [1.82, 2.24) is 4.98 Å². The first-order chi connectivity index (χ1) is 15.1. The lowest BCUT2D eigenvalue weighted by molar-refractivity contribution is 0.0731. The first kappa shape index (κ1) is 21.8. The smallest absolute Gasteiger partial charge is 0.343 e. The monoisotopic (exact) mass is 447 g/mol. The zero-order valence-corrected chi connectivity index (χ0v) is 19.0. The van der Waals surface area contributed by atoms with E-state index < -0.39 is 11.4 Å². The molecule has 0 unspecified atom stereocenters. The van der Waals surface area contributed by atoms with Crippen molar-refractivity contribution in [2.75, 3.05) is 0 Å². The second kappa shape index (κ2) is 8.24. The van der Waals surface area contributed by atoms with Crippen LogP contribution >= 0.6 is 11.6 Å². The van der Waals surface area contributed by atoms with Crippen molar-refractivity contribution in [3.8, 4) is 17.1 Å². The Hall–Kier alpha value is -3.44. The third kappa shape index (κ3) is 4.16. The first-order valence-electron chi connectivity index (χ1n) is 10.2. The van der Waals surface area contributed by atoms with Crippen LogP contribution in [-0.2, 0) is 5.41 Å². The molecule has 4 aromatic rings. The normalized spacial score (nSPS) is 11.5. The SMILES string of the molecule is Cc1cc2oc(-c3ccc(C(C)(C)C)cc3)c(OC(=O)c3ccncc3)c(=O)c2cc1Cl. The van der Waals surface area contributed by atoms with Gasteiger partial charge in [0.05, 0.1) is 10.9 Å². The molecule has 0 aliphatic rings. The molecule has 6 heteroatoms. The molecule has 2 heterocycles. The van der Waals surface area contributed by atoms with Crippen LogP contribution in [0.4, 0.5) is 0 Å². The predicted molar refractivity (Wildman–Crippen MR) is 126 cm³/mol. The Balaban J connectivity index is 1.91. The molecule has 162 valence electrons. The Morgan fingerprint density at radius 2 is 1.69 bits per heavy atom. The molecule has 0 N–H and O–H groups in total. The van der Waals surface area contributed by atoms with E-state index in [4.69, 9.17) is 20.8 Å². The molecule has 32 heavy (non-hydrogen) atoms. The molecule has 0 amide bonds. The van der Waals surface area contributed by atoms with E-state index in [1.165, 1.54) is 30.6 Å². The van der Waals surface area contributed by atoms with Crippen molar-refractivity contribution in [2.24, 2.45) is 0 Å². The molecule has 0 spiro atoms. The van der Waals surface area contributed by atoms with Gasteiger partial charge < -0.3 is 9.15 Å². The zero-order chi connectivity index (χ0) is 23.0. The van der Waals surface area contributed by atoms with Gasteiger partial charge in [-0.3, -0.25) is 9.78 Å². The molecule has 0 fully saturated rings. The van der Waals surface area contributed by atoms with Gasteiger partial charge in [-0.05, 0) is 47.7 Å². The van der Waals surface area contributed by atoms with Crippen LogP contribution in [0.2, 0.25) is 5.02 Å². The number of carbonyl (C=O) groups is 1. The van der Waals surface area contributed by atoms with Crippen LogP contribution in [0.1, 0.15) is 42.3 Å². The molecular weight excluding hydrogens is 426 g/mol. The molecular formula is C26H22ClNO4. The molecule has 0 saturated carbocycles. The van der Waals surface area contributed by atoms with E-state index in [-0.39, 0.29) is 27.9 Å². The summed E-state index contributed by atoms with van der Waals surface area (Å²) in [5.74, 6) is -0.667. The lowest BCUT2D eigenvalue weighted by Gasteiger charge is -2.19. The predicted octanol–water partition coefficient (Wildman–Crippen LogP) is 6.33. The molecule has 0 radical (unpaired) electrons. The fourth-order valence-corrected chi connectivity index (χ4v) is 3.51. The van der Waals surface area contributed by atoms with Crippen LogP contribution in [0, 0.1) is 6.92 Å². The Morgan fingerprint density at radius 1 is 1.03 bits per heavy atom. The second-order valence-corrected chi connectivity index (χ2v) is 9.05. The minimum atomic E-state index is -0.676. The van der Waals surface area contributed by atoms with Crippen molar-refractivity contribution in [1.29, 1.82) is 0 Å². The summed E-state index contributed by atoms with van der Waals surface area (Å²) >= 11 is 6.24. The Labute approximate surface area is 190 Å². The minimum absolute atomic E-state index is 0.0345. The van der Waals surface area contributed by atoms with Gasteiger partial charge in [-0.25, -0.2) is 4.79 Å². The van der Waals surface area contributed by atoms with Crippen molar-refractivity contribution in [3.05, 3.63) is 92.9 Å². The summed E-state index contributed by atoms with van der Waals surface area (Å²) in [6, 6.07) is 13.9. The number of hydrogen-bond acceptors (Lipinski definition) is 5. The number of nitrogens with zero attached hydrogens (tertiary/aromatic N) is 1. The Bertz CT molecular complexity index is 1370. The Morgan fingerprint density at radius 3 is 2.31 bits per heavy atom. The van der Waals surface area contributed by atoms with E-state index in [0.717, 1.165) is 11.1 Å². The van der Waals surface area contributed by atoms with Gasteiger partial charge in [0.15, 0.2) is 5.76 Å². The fourth-order valence-electron chi connectivity index (χ4n) is 3.34. The van der Waals surface area contributed by atoms with Crippen molar-refractivity contribution in [3.63, 3.8) is 0 Å². The number of fused-ring (bicyclic) bond motifs is 1. The topological polar surface area (TPSA) is 69.4 Å². The van der Waals surface area contributed by atoms with E-state index in [0.29, 0.717) is 16.2 Å². The lowest BCUT2D eigenvalue weighted by atomic mass is 9.86. The number of benzene rings is 2. The molecule has 5 nitrogen and oxygen atoms in total. The maximum Gasteiger partial charge on any atom is 0.343 e. The van der Waals surface area contributed by atoms with E-state index in [1.807, 2.05) is 31.2 Å². The Kier molecular flexibility index (Phi) is 5.61. The molecule has 0 aliphatic heterocycles. The maximum absolute atomic E-state index is 13.4. The molecule has 0 aliphatic carbocycles. The van der Waals surface area contributed by atoms with Crippen molar-refractivity contribution in [2.45, 2.75) is 33.1 Å². The number of aromatic nitrogens is 1. The highest BCUT2D eigenvalue weighted by Crippen LogP contribution is 2.34. The van der Waals surface area contributed by atoms with Gasteiger partial charge >= 0.3 is 5.97 Å². The molecule has 0 saturated heterocycles. The van der Waals surface area contributed by atoms with Gasteiger partial charge in [0, 0.05) is 23.0 Å².